The van der Waals surface area contributed by atoms with Gasteiger partial charge in [-0.2, -0.15) is 5.26 Å². The van der Waals surface area contributed by atoms with E-state index < -0.39 is 76.2 Å². The monoisotopic (exact) mass is 418 g/mol. The fourth-order valence-electron chi connectivity index (χ4n) is 2.63. The SMILES string of the molecule is N#Cc1cc([N+](=O)[O-])c(Cc2c([N+](=O)[O-])cc([N+](=O)[O-])cc2[N+](=O)[O-])c([N+](=O)[O-])c1. The molecule has 0 saturated carbocycles. The summed E-state index contributed by atoms with van der Waals surface area (Å²) in [5.41, 5.74) is -7.18. The van der Waals surface area contributed by atoms with Gasteiger partial charge in [0.15, 0.2) is 0 Å². The lowest BCUT2D eigenvalue weighted by Gasteiger charge is -2.07. The van der Waals surface area contributed by atoms with Crippen LogP contribution in [0.25, 0.3) is 0 Å². The highest BCUT2D eigenvalue weighted by molar-refractivity contribution is 5.66. The van der Waals surface area contributed by atoms with Crippen LogP contribution in [-0.4, -0.2) is 24.6 Å². The van der Waals surface area contributed by atoms with Crippen molar-refractivity contribution in [2.75, 3.05) is 0 Å². The largest absolute Gasteiger partial charge is 0.286 e. The highest BCUT2D eigenvalue weighted by Gasteiger charge is 2.35. The third-order valence-electron chi connectivity index (χ3n) is 3.87. The minimum Gasteiger partial charge on any atom is -0.258 e. The molecular formula is C14H6N6O10. The number of nitrogens with zero attached hydrogens (tertiary/aromatic N) is 6. The zero-order valence-electron chi connectivity index (χ0n) is 14.3. The van der Waals surface area contributed by atoms with Gasteiger partial charge in [0.25, 0.3) is 28.4 Å². The molecule has 0 atom stereocenters. The van der Waals surface area contributed by atoms with Crippen LogP contribution in [0.5, 0.6) is 0 Å². The second-order valence-electron chi connectivity index (χ2n) is 5.53. The Balaban J connectivity index is 2.92. The summed E-state index contributed by atoms with van der Waals surface area (Å²) < 4.78 is 0. The van der Waals surface area contributed by atoms with Crippen LogP contribution in [0.1, 0.15) is 16.7 Å². The molecule has 30 heavy (non-hydrogen) atoms. The van der Waals surface area contributed by atoms with Gasteiger partial charge in [0.1, 0.15) is 11.1 Å². The summed E-state index contributed by atoms with van der Waals surface area (Å²) in [5, 5.41) is 65.2. The van der Waals surface area contributed by atoms with Crippen molar-refractivity contribution in [3.63, 3.8) is 0 Å². The topological polar surface area (TPSA) is 239 Å². The Morgan fingerprint density at radius 1 is 0.633 bits per heavy atom. The van der Waals surface area contributed by atoms with Gasteiger partial charge in [0.05, 0.1) is 48.4 Å². The predicted octanol–water partition coefficient (Wildman–Crippen LogP) is 2.69. The van der Waals surface area contributed by atoms with Crippen LogP contribution in [0.15, 0.2) is 24.3 Å². The minimum absolute atomic E-state index is 0.406. The average molecular weight is 418 g/mol. The quantitative estimate of drug-likeness (QED) is 0.467. The fourth-order valence-corrected chi connectivity index (χ4v) is 2.63. The third kappa shape index (κ3) is 3.94. The van der Waals surface area contributed by atoms with Crippen LogP contribution >= 0.6 is 0 Å². The van der Waals surface area contributed by atoms with Crippen LogP contribution in [0.2, 0.25) is 0 Å². The van der Waals surface area contributed by atoms with Crippen molar-refractivity contribution in [2.24, 2.45) is 0 Å². The summed E-state index contributed by atoms with van der Waals surface area (Å²) in [7, 11) is 0. The molecule has 0 heterocycles. The number of nitriles is 1. The van der Waals surface area contributed by atoms with E-state index in [9.17, 15) is 50.6 Å². The first-order valence-electron chi connectivity index (χ1n) is 7.43. The van der Waals surface area contributed by atoms with Crippen molar-refractivity contribution < 1.29 is 24.6 Å². The van der Waals surface area contributed by atoms with Crippen molar-refractivity contribution >= 4 is 28.4 Å². The Morgan fingerprint density at radius 3 is 1.23 bits per heavy atom. The zero-order valence-corrected chi connectivity index (χ0v) is 14.3. The lowest BCUT2D eigenvalue weighted by atomic mass is 9.96. The summed E-state index contributed by atoms with van der Waals surface area (Å²) in [6.07, 6.45) is -1.04. The first-order valence-corrected chi connectivity index (χ1v) is 7.43. The lowest BCUT2D eigenvalue weighted by molar-refractivity contribution is -0.404. The fraction of sp³-hybridized carbons (Fsp3) is 0.0714. The molecule has 0 aliphatic heterocycles. The molecule has 2 rings (SSSR count). The number of nitro benzene ring substituents is 5. The van der Waals surface area contributed by atoms with Crippen molar-refractivity contribution in [1.82, 2.24) is 0 Å². The van der Waals surface area contributed by atoms with Gasteiger partial charge in [-0.15, -0.1) is 0 Å². The molecule has 0 bridgehead atoms. The van der Waals surface area contributed by atoms with E-state index >= 15 is 0 Å². The lowest BCUT2D eigenvalue weighted by Crippen LogP contribution is -2.07. The van der Waals surface area contributed by atoms with Crippen LogP contribution < -0.4 is 0 Å². The molecule has 2 aromatic rings. The zero-order chi connectivity index (χ0) is 22.7. The molecule has 0 N–H and O–H groups in total. The highest BCUT2D eigenvalue weighted by atomic mass is 16.6. The maximum atomic E-state index is 11.4. The van der Waals surface area contributed by atoms with E-state index in [0.717, 1.165) is 0 Å². The van der Waals surface area contributed by atoms with Gasteiger partial charge >= 0.3 is 0 Å². The van der Waals surface area contributed by atoms with Crippen LogP contribution in [0.4, 0.5) is 28.4 Å². The van der Waals surface area contributed by atoms with E-state index in [0.29, 0.717) is 24.3 Å². The Labute approximate surface area is 163 Å². The maximum absolute atomic E-state index is 11.4. The van der Waals surface area contributed by atoms with E-state index in [4.69, 9.17) is 5.26 Å². The van der Waals surface area contributed by atoms with Gasteiger partial charge in [0, 0.05) is 18.6 Å². The van der Waals surface area contributed by atoms with Crippen LogP contribution in [-0.2, 0) is 6.42 Å². The van der Waals surface area contributed by atoms with Gasteiger partial charge in [-0.05, 0) is 0 Å². The third-order valence-corrected chi connectivity index (χ3v) is 3.87. The molecule has 0 saturated heterocycles. The highest BCUT2D eigenvalue weighted by Crippen LogP contribution is 2.39. The first-order chi connectivity index (χ1) is 14.0. The van der Waals surface area contributed by atoms with Crippen molar-refractivity contribution in [2.45, 2.75) is 6.42 Å². The second-order valence-corrected chi connectivity index (χ2v) is 5.53. The molecule has 0 unspecified atom stereocenters. The summed E-state index contributed by atoms with van der Waals surface area (Å²) in [5.74, 6) is 0. The Morgan fingerprint density at radius 2 is 0.967 bits per heavy atom. The Kier molecular flexibility index (Phi) is 5.59. The van der Waals surface area contributed by atoms with Crippen LogP contribution in [0.3, 0.4) is 0 Å². The first kappa shape index (κ1) is 21.2. The summed E-state index contributed by atoms with van der Waals surface area (Å²) in [4.78, 5) is 50.7. The number of benzene rings is 2. The molecule has 16 heteroatoms. The van der Waals surface area contributed by atoms with Crippen molar-refractivity contribution in [3.8, 4) is 6.07 Å². The Bertz CT molecular complexity index is 1110. The molecule has 152 valence electrons. The van der Waals surface area contributed by atoms with E-state index in [1.807, 2.05) is 0 Å². The minimum atomic E-state index is -1.18. The van der Waals surface area contributed by atoms with Crippen molar-refractivity contribution in [3.05, 3.63) is 91.5 Å². The molecule has 2 aromatic carbocycles. The van der Waals surface area contributed by atoms with Gasteiger partial charge in [-0.25, -0.2) is 0 Å². The van der Waals surface area contributed by atoms with Gasteiger partial charge in [-0.3, -0.25) is 50.6 Å². The van der Waals surface area contributed by atoms with E-state index in [1.54, 1.807) is 0 Å². The number of nitro groups is 5. The average Bonchev–Trinajstić information content (AvgIpc) is 2.66. The molecule has 0 amide bonds. The summed E-state index contributed by atoms with van der Waals surface area (Å²) in [6, 6.07) is 3.64. The molecule has 0 aliphatic rings. The number of hydrogen-bond acceptors (Lipinski definition) is 11. The molecule has 0 radical (unpaired) electrons. The Hall–Kier alpha value is -5.07. The van der Waals surface area contributed by atoms with Crippen LogP contribution in [0, 0.1) is 61.9 Å². The normalized spacial score (nSPS) is 10.1. The standard InChI is InChI=1S/C14H6N6O10/c15-6-7-1-11(17(23)24)9(12(2-7)18(25)26)5-10-13(19(27)28)3-8(16(21)22)4-14(10)20(29)30/h1-4H,5H2. The number of hydrogen-bond donors (Lipinski definition) is 0. The van der Waals surface area contributed by atoms with E-state index in [2.05, 4.69) is 0 Å². The molecular weight excluding hydrogens is 412 g/mol. The smallest absolute Gasteiger partial charge is 0.258 e. The molecule has 16 nitrogen and oxygen atoms in total. The van der Waals surface area contributed by atoms with E-state index in [1.165, 1.54) is 6.07 Å². The molecule has 0 spiro atoms. The molecule has 0 fully saturated rings. The summed E-state index contributed by atoms with van der Waals surface area (Å²) in [6.45, 7) is 0. The van der Waals surface area contributed by atoms with Gasteiger partial charge in [-0.1, -0.05) is 0 Å². The van der Waals surface area contributed by atoms with E-state index in [-0.39, 0.29) is 0 Å². The van der Waals surface area contributed by atoms with Crippen molar-refractivity contribution in [1.29, 1.82) is 5.26 Å². The number of non-ortho nitro benzene ring substituents is 1. The van der Waals surface area contributed by atoms with Gasteiger partial charge < -0.3 is 0 Å². The van der Waals surface area contributed by atoms with Gasteiger partial charge in [0.2, 0.25) is 0 Å². The predicted molar refractivity (Wildman–Crippen MR) is 93.7 cm³/mol. The second kappa shape index (κ2) is 7.89. The number of rotatable bonds is 7. The molecule has 0 aliphatic carbocycles. The molecule has 0 aromatic heterocycles. The maximum Gasteiger partial charge on any atom is 0.286 e. The summed E-state index contributed by atoms with van der Waals surface area (Å²) >= 11 is 0.